The number of phenolic OH excluding ortho intramolecular Hbond substituents is 1. The van der Waals surface area contributed by atoms with Gasteiger partial charge in [0.1, 0.15) is 5.75 Å². The zero-order valence-electron chi connectivity index (χ0n) is 24.7. The summed E-state index contributed by atoms with van der Waals surface area (Å²) in [5, 5.41) is 22.9. The fourth-order valence-corrected chi connectivity index (χ4v) is 5.61. The molecule has 0 aliphatic heterocycles. The molecule has 2 aromatic rings. The van der Waals surface area contributed by atoms with E-state index in [4.69, 9.17) is 33.0 Å². The van der Waals surface area contributed by atoms with E-state index in [9.17, 15) is 14.7 Å². The lowest BCUT2D eigenvalue weighted by Crippen LogP contribution is -2.33. The summed E-state index contributed by atoms with van der Waals surface area (Å²) in [6, 6.07) is 7.44. The van der Waals surface area contributed by atoms with Crippen LogP contribution in [0.2, 0.25) is 10.0 Å². The smallest absolute Gasteiger partial charge is 0.335 e. The van der Waals surface area contributed by atoms with Crippen molar-refractivity contribution in [1.82, 2.24) is 0 Å². The van der Waals surface area contributed by atoms with E-state index in [2.05, 4.69) is 12.2 Å². The highest BCUT2D eigenvalue weighted by molar-refractivity contribution is 6.37. The first-order valence-corrected chi connectivity index (χ1v) is 16.0. The van der Waals surface area contributed by atoms with Gasteiger partial charge in [-0.2, -0.15) is 0 Å². The molecular weight excluding hydrogens is 561 g/mol. The van der Waals surface area contributed by atoms with E-state index in [-0.39, 0.29) is 22.0 Å². The molecule has 2 aromatic carbocycles. The van der Waals surface area contributed by atoms with Gasteiger partial charge in [0.05, 0.1) is 16.3 Å². The Bertz CT molecular complexity index is 1070. The lowest BCUT2D eigenvalue weighted by molar-refractivity contribution is -0.123. The first-order chi connectivity index (χ1) is 19.8. The topological polar surface area (TPSA) is 95.9 Å². The molecule has 0 bridgehead atoms. The fourth-order valence-electron chi connectivity index (χ4n) is 4.89. The van der Waals surface area contributed by atoms with Crippen molar-refractivity contribution in [2.45, 2.75) is 123 Å². The fraction of sp³-hybridized carbons (Fsp3) is 0.576. The Balaban J connectivity index is 1.86. The number of hydrogen-bond donors (Lipinski definition) is 3. The molecule has 0 fully saturated rings. The van der Waals surface area contributed by atoms with Gasteiger partial charge in [0.15, 0.2) is 11.9 Å². The summed E-state index contributed by atoms with van der Waals surface area (Å²) < 4.78 is 5.99. The lowest BCUT2D eigenvalue weighted by atomic mass is 10.0. The van der Waals surface area contributed by atoms with Gasteiger partial charge >= 0.3 is 5.97 Å². The zero-order valence-corrected chi connectivity index (χ0v) is 26.2. The number of carbonyl (C=O) groups is 2. The standard InChI is InChI=1S/C33H47Cl2NO5/c1-3-5-6-7-8-9-10-11-12-13-14-15-16-17-18-29(41-25-21-19-24(20-22-25)33(39)40)32(38)36-28-23-27(34)26(4-2)30(35)31(28)37/h19-23,29,37H,3-18H2,1-2H3,(H,36,38)(H,39,40). The first-order valence-electron chi connectivity index (χ1n) is 15.3. The highest BCUT2D eigenvalue weighted by atomic mass is 35.5. The number of carboxylic acids is 1. The summed E-state index contributed by atoms with van der Waals surface area (Å²) in [7, 11) is 0. The van der Waals surface area contributed by atoms with Crippen LogP contribution in [0.3, 0.4) is 0 Å². The maximum absolute atomic E-state index is 13.3. The predicted octanol–water partition coefficient (Wildman–Crippen LogP) is 10.2. The predicted molar refractivity (Wildman–Crippen MR) is 169 cm³/mol. The average Bonchev–Trinajstić information content (AvgIpc) is 2.95. The molecule has 6 nitrogen and oxygen atoms in total. The summed E-state index contributed by atoms with van der Waals surface area (Å²) in [5.41, 5.74) is 0.867. The molecule has 0 aromatic heterocycles. The van der Waals surface area contributed by atoms with Crippen LogP contribution in [0, 0.1) is 0 Å². The van der Waals surface area contributed by atoms with Crippen LogP contribution >= 0.6 is 23.2 Å². The summed E-state index contributed by atoms with van der Waals surface area (Å²) in [5.74, 6) is -1.31. The molecule has 228 valence electrons. The van der Waals surface area contributed by atoms with Crippen molar-refractivity contribution in [1.29, 1.82) is 0 Å². The summed E-state index contributed by atoms with van der Waals surface area (Å²) in [6.07, 6.45) is 17.5. The molecule has 8 heteroatoms. The summed E-state index contributed by atoms with van der Waals surface area (Å²) in [6.45, 7) is 4.13. The van der Waals surface area contributed by atoms with Crippen molar-refractivity contribution < 1.29 is 24.5 Å². The molecule has 0 saturated heterocycles. The second kappa shape index (κ2) is 19.6. The highest BCUT2D eigenvalue weighted by Crippen LogP contribution is 2.39. The molecule has 1 amide bonds. The lowest BCUT2D eigenvalue weighted by Gasteiger charge is -2.20. The quantitative estimate of drug-likeness (QED) is 0.0968. The molecule has 0 heterocycles. The largest absolute Gasteiger partial charge is 0.504 e. The highest BCUT2D eigenvalue weighted by Gasteiger charge is 2.23. The van der Waals surface area contributed by atoms with Gasteiger partial charge in [-0.25, -0.2) is 4.79 Å². The van der Waals surface area contributed by atoms with Crippen molar-refractivity contribution in [2.75, 3.05) is 5.32 Å². The molecule has 0 radical (unpaired) electrons. The monoisotopic (exact) mass is 607 g/mol. The molecule has 0 aliphatic rings. The van der Waals surface area contributed by atoms with Gasteiger partial charge in [-0.15, -0.1) is 0 Å². The zero-order chi connectivity index (χ0) is 30.0. The van der Waals surface area contributed by atoms with Crippen LogP contribution in [0.1, 0.15) is 126 Å². The molecule has 1 unspecified atom stereocenters. The number of carbonyl (C=O) groups excluding carboxylic acids is 1. The first kappa shape index (κ1) is 34.8. The van der Waals surface area contributed by atoms with Crippen LogP contribution in [0.25, 0.3) is 0 Å². The molecule has 0 spiro atoms. The number of hydrogen-bond acceptors (Lipinski definition) is 4. The van der Waals surface area contributed by atoms with Gasteiger partial charge in [-0.1, -0.05) is 121 Å². The third-order valence-electron chi connectivity index (χ3n) is 7.39. The minimum atomic E-state index is -1.03. The summed E-state index contributed by atoms with van der Waals surface area (Å²) >= 11 is 12.6. The van der Waals surface area contributed by atoms with Crippen LogP contribution < -0.4 is 10.1 Å². The number of nitrogens with one attached hydrogen (secondary N) is 1. The van der Waals surface area contributed by atoms with E-state index in [1.54, 1.807) is 0 Å². The Morgan fingerprint density at radius 3 is 1.83 bits per heavy atom. The van der Waals surface area contributed by atoms with E-state index in [1.807, 2.05) is 6.92 Å². The van der Waals surface area contributed by atoms with Crippen molar-refractivity contribution in [3.05, 3.63) is 51.5 Å². The van der Waals surface area contributed by atoms with Crippen molar-refractivity contribution >= 4 is 40.8 Å². The molecular formula is C33H47Cl2NO5. The second-order valence-electron chi connectivity index (χ2n) is 10.7. The van der Waals surface area contributed by atoms with Crippen LogP contribution in [0.15, 0.2) is 30.3 Å². The van der Waals surface area contributed by atoms with Crippen LogP contribution in [0.4, 0.5) is 5.69 Å². The number of carboxylic acid groups (broad SMARTS) is 1. The Labute approximate surface area is 255 Å². The number of halogens is 2. The third kappa shape index (κ3) is 12.5. The number of aromatic carboxylic acids is 1. The Hall–Kier alpha value is -2.44. The van der Waals surface area contributed by atoms with Gasteiger partial charge < -0.3 is 20.3 Å². The van der Waals surface area contributed by atoms with Crippen LogP contribution in [-0.2, 0) is 11.2 Å². The average molecular weight is 609 g/mol. The van der Waals surface area contributed by atoms with Crippen molar-refractivity contribution in [3.63, 3.8) is 0 Å². The molecule has 3 N–H and O–H groups in total. The Morgan fingerprint density at radius 1 is 0.829 bits per heavy atom. The van der Waals surface area contributed by atoms with Gasteiger partial charge in [0.25, 0.3) is 5.91 Å². The normalized spacial score (nSPS) is 11.8. The number of benzene rings is 2. The molecule has 1 atom stereocenters. The van der Waals surface area contributed by atoms with Crippen molar-refractivity contribution in [3.8, 4) is 11.5 Å². The SMILES string of the molecule is CCCCCCCCCCCCCCCCC(Oc1ccc(C(=O)O)cc1)C(=O)Nc1cc(Cl)c(CC)c(Cl)c1O. The maximum atomic E-state index is 13.3. The second-order valence-corrected chi connectivity index (χ2v) is 11.5. The molecule has 0 aliphatic carbocycles. The Kier molecular flexibility index (Phi) is 16.7. The van der Waals surface area contributed by atoms with Gasteiger partial charge in [0, 0.05) is 5.02 Å². The van der Waals surface area contributed by atoms with E-state index in [0.717, 1.165) is 19.3 Å². The Morgan fingerprint density at radius 2 is 1.34 bits per heavy atom. The van der Waals surface area contributed by atoms with Crippen LogP contribution in [0.5, 0.6) is 11.5 Å². The molecule has 0 saturated carbocycles. The molecule has 2 rings (SSSR count). The number of ether oxygens (including phenoxy) is 1. The summed E-state index contributed by atoms with van der Waals surface area (Å²) in [4.78, 5) is 24.4. The number of aromatic hydroxyl groups is 1. The van der Waals surface area contributed by atoms with Gasteiger partial charge in [0.2, 0.25) is 0 Å². The number of unbranched alkanes of at least 4 members (excludes halogenated alkanes) is 13. The van der Waals surface area contributed by atoms with E-state index in [0.29, 0.717) is 29.2 Å². The van der Waals surface area contributed by atoms with Crippen LogP contribution in [-0.4, -0.2) is 28.2 Å². The minimum absolute atomic E-state index is 0.115. The van der Waals surface area contributed by atoms with Gasteiger partial charge in [-0.05, 0) is 55.2 Å². The number of anilines is 1. The van der Waals surface area contributed by atoms with E-state index in [1.165, 1.54) is 101 Å². The molecule has 41 heavy (non-hydrogen) atoms. The van der Waals surface area contributed by atoms with E-state index < -0.39 is 18.0 Å². The number of phenols is 1. The number of amides is 1. The third-order valence-corrected chi connectivity index (χ3v) is 8.14. The minimum Gasteiger partial charge on any atom is -0.504 e. The maximum Gasteiger partial charge on any atom is 0.335 e. The van der Waals surface area contributed by atoms with Crippen molar-refractivity contribution in [2.24, 2.45) is 0 Å². The van der Waals surface area contributed by atoms with E-state index >= 15 is 0 Å². The van der Waals surface area contributed by atoms with Gasteiger partial charge in [-0.3, -0.25) is 4.79 Å². The number of rotatable bonds is 21.